The van der Waals surface area contributed by atoms with Crippen LogP contribution in [0.2, 0.25) is 0 Å². The number of nitrogens with zero attached hydrogens (tertiary/aromatic N) is 1. The molecule has 1 amide bonds. The second-order valence-electron chi connectivity index (χ2n) is 3.15. The molecule has 2 heterocycles. The molecule has 1 saturated heterocycles. The summed E-state index contributed by atoms with van der Waals surface area (Å²) < 4.78 is 5.34. The lowest BCUT2D eigenvalue weighted by Crippen LogP contribution is -2.48. The first-order valence-corrected chi connectivity index (χ1v) is 6.43. The van der Waals surface area contributed by atoms with Gasteiger partial charge in [-0.1, -0.05) is 11.8 Å². The minimum absolute atomic E-state index is 0.00996. The van der Waals surface area contributed by atoms with Gasteiger partial charge in [-0.2, -0.15) is 0 Å². The van der Waals surface area contributed by atoms with Crippen LogP contribution in [0.1, 0.15) is 6.42 Å². The number of carbonyl (C=O) groups excluding carboxylic acids is 3. The Morgan fingerprint density at radius 1 is 1.75 bits per heavy atom. The zero-order valence-electron chi connectivity index (χ0n) is 8.47. The minimum Gasteiger partial charge on any atom is -0.464 e. The fraction of sp³-hybridized carbons (Fsp3) is 0.444. The lowest BCUT2D eigenvalue weighted by Gasteiger charge is -2.34. The molecule has 0 aromatic carbocycles. The number of hydrogen-bond acceptors (Lipinski definition) is 6. The average Bonchev–Trinajstić information content (AvgIpc) is 2.57. The first kappa shape index (κ1) is 11.5. The number of fused-ring (bicyclic) bond motifs is 1. The van der Waals surface area contributed by atoms with E-state index >= 15 is 0 Å². The van der Waals surface area contributed by atoms with Gasteiger partial charge in [-0.15, -0.1) is 11.8 Å². The lowest BCUT2D eigenvalue weighted by atomic mass is 10.2. The number of aldehydes is 1. The van der Waals surface area contributed by atoms with Crippen molar-refractivity contribution in [2.24, 2.45) is 0 Å². The van der Waals surface area contributed by atoms with Crippen LogP contribution in [0.4, 0.5) is 0 Å². The highest BCUT2D eigenvalue weighted by Gasteiger charge is 2.48. The highest BCUT2D eigenvalue weighted by Crippen LogP contribution is 2.50. The summed E-state index contributed by atoms with van der Waals surface area (Å²) in [6, 6.07) is 0. The molecule has 0 unspecified atom stereocenters. The van der Waals surface area contributed by atoms with Gasteiger partial charge >= 0.3 is 5.97 Å². The van der Waals surface area contributed by atoms with Gasteiger partial charge in [-0.25, -0.2) is 4.79 Å². The van der Waals surface area contributed by atoms with Gasteiger partial charge in [0.2, 0.25) is 5.91 Å². The third-order valence-electron chi connectivity index (χ3n) is 2.24. The van der Waals surface area contributed by atoms with Crippen LogP contribution in [0.15, 0.2) is 9.93 Å². The fourth-order valence-electron chi connectivity index (χ4n) is 1.52. The summed E-state index contributed by atoms with van der Waals surface area (Å²) in [5.41, 5.74) is 0.292. The Morgan fingerprint density at radius 3 is 3.06 bits per heavy atom. The molecule has 0 aromatic heterocycles. The summed E-state index contributed by atoms with van der Waals surface area (Å²) in [5, 5.41) is 0.00996. The zero-order valence-corrected chi connectivity index (χ0v) is 10.1. The van der Waals surface area contributed by atoms with Gasteiger partial charge < -0.3 is 9.53 Å². The molecule has 0 N–H and O–H groups in total. The Bertz CT molecular complexity index is 393. The maximum absolute atomic E-state index is 11.5. The molecule has 2 aliphatic heterocycles. The molecule has 16 heavy (non-hydrogen) atoms. The van der Waals surface area contributed by atoms with Crippen LogP contribution in [-0.2, 0) is 19.1 Å². The van der Waals surface area contributed by atoms with E-state index in [1.54, 1.807) is 0 Å². The van der Waals surface area contributed by atoms with Gasteiger partial charge in [0.1, 0.15) is 6.29 Å². The van der Waals surface area contributed by atoms with Crippen LogP contribution in [0.25, 0.3) is 0 Å². The van der Waals surface area contributed by atoms with Gasteiger partial charge in [0.25, 0.3) is 0 Å². The number of esters is 1. The van der Waals surface area contributed by atoms with Gasteiger partial charge in [0.05, 0.1) is 28.9 Å². The number of amides is 1. The van der Waals surface area contributed by atoms with Crippen LogP contribution in [0, 0.1) is 0 Å². The van der Waals surface area contributed by atoms with Gasteiger partial charge in [-0.3, -0.25) is 9.69 Å². The van der Waals surface area contributed by atoms with E-state index in [2.05, 4.69) is 4.74 Å². The van der Waals surface area contributed by atoms with Crippen LogP contribution >= 0.6 is 23.5 Å². The summed E-state index contributed by atoms with van der Waals surface area (Å²) >= 11 is 2.71. The van der Waals surface area contributed by atoms with Crippen molar-refractivity contribution in [1.82, 2.24) is 4.90 Å². The summed E-state index contributed by atoms with van der Waals surface area (Å²) in [4.78, 5) is 34.6. The van der Waals surface area contributed by atoms with Gasteiger partial charge in [-0.05, 0) is 0 Å². The van der Waals surface area contributed by atoms with Gasteiger partial charge in [0.15, 0.2) is 5.70 Å². The normalized spacial score (nSPS) is 22.9. The second kappa shape index (κ2) is 4.50. The fourth-order valence-corrected chi connectivity index (χ4v) is 3.96. The molecule has 0 bridgehead atoms. The van der Waals surface area contributed by atoms with Crippen LogP contribution in [-0.4, -0.2) is 41.3 Å². The standard InChI is InChI=1S/C9H9NO4S2/c1-14-8(13)7-9(15-3-2-11)16-6-4-5(12)10(6)7/h2,6H,3-4H2,1H3/t6-/m1/s1. The van der Waals surface area contributed by atoms with Crippen LogP contribution in [0.3, 0.4) is 0 Å². The molecule has 0 spiro atoms. The van der Waals surface area contributed by atoms with Gasteiger partial charge in [0, 0.05) is 0 Å². The Balaban J connectivity index is 2.23. The van der Waals surface area contributed by atoms with Crippen molar-refractivity contribution >= 4 is 41.7 Å². The second-order valence-corrected chi connectivity index (χ2v) is 5.62. The predicted octanol–water partition coefficient (Wildman–Crippen LogP) is 0.566. The zero-order chi connectivity index (χ0) is 11.7. The Kier molecular flexibility index (Phi) is 3.25. The number of methoxy groups -OCH3 is 1. The maximum atomic E-state index is 11.5. The molecule has 86 valence electrons. The van der Waals surface area contributed by atoms with E-state index in [9.17, 15) is 14.4 Å². The highest BCUT2D eigenvalue weighted by atomic mass is 32.2. The summed E-state index contributed by atoms with van der Waals surface area (Å²) in [7, 11) is 1.28. The summed E-state index contributed by atoms with van der Waals surface area (Å²) in [6.45, 7) is 0. The van der Waals surface area contributed by atoms with E-state index in [0.29, 0.717) is 16.4 Å². The lowest BCUT2D eigenvalue weighted by molar-refractivity contribution is -0.147. The molecule has 1 atom stereocenters. The number of thioether (sulfide) groups is 2. The van der Waals surface area contributed by atoms with E-state index in [4.69, 9.17) is 0 Å². The van der Waals surface area contributed by atoms with Crippen LogP contribution < -0.4 is 0 Å². The predicted molar refractivity (Wildman–Crippen MR) is 60.4 cm³/mol. The Hall–Kier alpha value is -0.950. The van der Waals surface area contributed by atoms with Crippen molar-refractivity contribution < 1.29 is 19.1 Å². The SMILES string of the molecule is COC(=O)C1=C(SCC=O)S[C@@H]2CC(=O)N12. The first-order valence-electron chi connectivity index (χ1n) is 4.56. The highest BCUT2D eigenvalue weighted by molar-refractivity contribution is 8.23. The molecule has 5 nitrogen and oxygen atoms in total. The molecule has 0 aliphatic carbocycles. The molecule has 0 saturated carbocycles. The minimum atomic E-state index is -0.517. The number of β-lactam (4-membered cyclic amide) rings is 1. The van der Waals surface area contributed by atoms with Crippen molar-refractivity contribution in [2.45, 2.75) is 11.8 Å². The van der Waals surface area contributed by atoms with E-state index in [0.717, 1.165) is 6.29 Å². The van der Waals surface area contributed by atoms with Crippen molar-refractivity contribution in [1.29, 1.82) is 0 Å². The van der Waals surface area contributed by atoms with Crippen molar-refractivity contribution in [2.75, 3.05) is 12.9 Å². The maximum Gasteiger partial charge on any atom is 0.356 e. The number of rotatable bonds is 4. The third kappa shape index (κ3) is 1.73. The van der Waals surface area contributed by atoms with Crippen LogP contribution in [0.5, 0.6) is 0 Å². The molecular formula is C9H9NO4S2. The Labute approximate surface area is 101 Å². The van der Waals surface area contributed by atoms with E-state index in [-0.39, 0.29) is 17.0 Å². The smallest absolute Gasteiger partial charge is 0.356 e. The number of carbonyl (C=O) groups is 3. The molecule has 0 aromatic rings. The summed E-state index contributed by atoms with van der Waals surface area (Å²) in [5.74, 6) is -0.312. The quantitative estimate of drug-likeness (QED) is 0.418. The third-order valence-corrected chi connectivity index (χ3v) is 4.70. The average molecular weight is 259 g/mol. The van der Waals surface area contributed by atoms with E-state index in [1.807, 2.05) is 0 Å². The number of hydrogen-bond donors (Lipinski definition) is 0. The molecule has 7 heteroatoms. The monoisotopic (exact) mass is 259 g/mol. The van der Waals surface area contributed by atoms with Crippen molar-refractivity contribution in [3.05, 3.63) is 9.93 Å². The molecule has 1 fully saturated rings. The molecule has 2 rings (SSSR count). The van der Waals surface area contributed by atoms with Crippen molar-refractivity contribution in [3.8, 4) is 0 Å². The number of ether oxygens (including phenoxy) is 1. The summed E-state index contributed by atoms with van der Waals surface area (Å²) in [6.07, 6.45) is 1.21. The first-order chi connectivity index (χ1) is 7.69. The molecule has 0 radical (unpaired) electrons. The molecular weight excluding hydrogens is 250 g/mol. The van der Waals surface area contributed by atoms with E-state index < -0.39 is 5.97 Å². The Morgan fingerprint density at radius 2 is 2.50 bits per heavy atom. The molecule has 2 aliphatic rings. The van der Waals surface area contributed by atoms with E-state index in [1.165, 1.54) is 35.5 Å². The van der Waals surface area contributed by atoms with Crippen molar-refractivity contribution in [3.63, 3.8) is 0 Å². The largest absolute Gasteiger partial charge is 0.464 e. The topological polar surface area (TPSA) is 63.7 Å².